The third kappa shape index (κ3) is 3.98. The SMILES string of the molecule is C1COC1.O=C1CCCCO1. The van der Waals surface area contributed by atoms with Gasteiger partial charge in [-0.05, 0) is 19.3 Å². The van der Waals surface area contributed by atoms with Crippen molar-refractivity contribution in [2.75, 3.05) is 19.8 Å². The summed E-state index contributed by atoms with van der Waals surface area (Å²) in [7, 11) is 0. The molecule has 2 saturated heterocycles. The lowest BCUT2D eigenvalue weighted by molar-refractivity contribution is -0.146. The largest absolute Gasteiger partial charge is 0.466 e. The first-order valence-corrected chi connectivity index (χ1v) is 4.13. The van der Waals surface area contributed by atoms with Crippen LogP contribution in [0, 0.1) is 0 Å². The van der Waals surface area contributed by atoms with Crippen LogP contribution in [0.4, 0.5) is 0 Å². The maximum Gasteiger partial charge on any atom is 0.305 e. The minimum atomic E-state index is -0.0359. The van der Waals surface area contributed by atoms with E-state index in [1.54, 1.807) is 0 Å². The molecule has 3 nitrogen and oxygen atoms in total. The summed E-state index contributed by atoms with van der Waals surface area (Å²) in [6.45, 7) is 2.64. The molecular weight excluding hydrogens is 144 g/mol. The lowest BCUT2D eigenvalue weighted by Gasteiger charge is -2.09. The Labute approximate surface area is 66.7 Å². The van der Waals surface area contributed by atoms with Crippen LogP contribution in [0.1, 0.15) is 25.7 Å². The Balaban J connectivity index is 0.000000128. The molecule has 0 spiro atoms. The van der Waals surface area contributed by atoms with Gasteiger partial charge in [0, 0.05) is 19.6 Å². The minimum absolute atomic E-state index is 0.0359. The highest BCUT2D eigenvalue weighted by Gasteiger charge is 2.06. The summed E-state index contributed by atoms with van der Waals surface area (Å²) in [4.78, 5) is 10.2. The molecule has 0 amide bonds. The summed E-state index contributed by atoms with van der Waals surface area (Å²) in [5.41, 5.74) is 0. The fraction of sp³-hybridized carbons (Fsp3) is 0.875. The van der Waals surface area contributed by atoms with Crippen LogP contribution < -0.4 is 0 Å². The number of hydrogen-bond donors (Lipinski definition) is 0. The zero-order valence-electron chi connectivity index (χ0n) is 6.67. The molecule has 0 N–H and O–H groups in total. The summed E-state index contributed by atoms with van der Waals surface area (Å²) in [6.07, 6.45) is 3.96. The highest BCUT2D eigenvalue weighted by Crippen LogP contribution is 2.04. The van der Waals surface area contributed by atoms with Crippen molar-refractivity contribution in [1.82, 2.24) is 0 Å². The fourth-order valence-corrected chi connectivity index (χ4v) is 0.774. The Bertz CT molecular complexity index is 107. The molecule has 2 aliphatic heterocycles. The monoisotopic (exact) mass is 158 g/mol. The van der Waals surface area contributed by atoms with Crippen molar-refractivity contribution in [3.8, 4) is 0 Å². The Kier molecular flexibility index (Phi) is 3.98. The molecule has 2 rings (SSSR count). The number of carbonyl (C=O) groups is 1. The number of cyclic esters (lactones) is 1. The highest BCUT2D eigenvalue weighted by molar-refractivity contribution is 5.69. The number of hydrogen-bond acceptors (Lipinski definition) is 3. The Morgan fingerprint density at radius 3 is 1.82 bits per heavy atom. The topological polar surface area (TPSA) is 35.5 Å². The molecule has 0 bridgehead atoms. The minimum Gasteiger partial charge on any atom is -0.466 e. The third-order valence-electron chi connectivity index (χ3n) is 1.62. The van der Waals surface area contributed by atoms with Gasteiger partial charge in [0.05, 0.1) is 6.61 Å². The molecule has 2 fully saturated rings. The Hall–Kier alpha value is -0.570. The quantitative estimate of drug-likeness (QED) is 0.495. The molecule has 0 atom stereocenters. The predicted molar refractivity (Wildman–Crippen MR) is 40.2 cm³/mol. The van der Waals surface area contributed by atoms with Crippen LogP contribution in [-0.4, -0.2) is 25.8 Å². The lowest BCUT2D eigenvalue weighted by Crippen LogP contribution is -2.10. The van der Waals surface area contributed by atoms with Crippen molar-refractivity contribution in [2.45, 2.75) is 25.7 Å². The molecule has 0 aromatic carbocycles. The molecule has 0 aliphatic carbocycles. The molecule has 0 radical (unpaired) electrons. The van der Waals surface area contributed by atoms with Crippen LogP contribution in [-0.2, 0) is 14.3 Å². The fourth-order valence-electron chi connectivity index (χ4n) is 0.774. The first-order valence-electron chi connectivity index (χ1n) is 4.13. The van der Waals surface area contributed by atoms with E-state index >= 15 is 0 Å². The van der Waals surface area contributed by atoms with E-state index in [4.69, 9.17) is 4.74 Å². The average Bonchev–Trinajstić information content (AvgIpc) is 1.85. The molecule has 0 aromatic heterocycles. The lowest BCUT2D eigenvalue weighted by atomic mass is 10.2. The van der Waals surface area contributed by atoms with Gasteiger partial charge in [-0.2, -0.15) is 0 Å². The number of ether oxygens (including phenoxy) is 2. The van der Waals surface area contributed by atoms with E-state index in [0.717, 1.165) is 26.1 Å². The Morgan fingerprint density at radius 2 is 1.64 bits per heavy atom. The van der Waals surface area contributed by atoms with Gasteiger partial charge in [-0.3, -0.25) is 4.79 Å². The molecular formula is C8H14O3. The predicted octanol–water partition coefficient (Wildman–Crippen LogP) is 1.12. The van der Waals surface area contributed by atoms with Crippen LogP contribution in [0.5, 0.6) is 0 Å². The molecule has 0 unspecified atom stereocenters. The average molecular weight is 158 g/mol. The van der Waals surface area contributed by atoms with Gasteiger partial charge >= 0.3 is 5.97 Å². The van der Waals surface area contributed by atoms with E-state index in [1.807, 2.05) is 0 Å². The van der Waals surface area contributed by atoms with Gasteiger partial charge in [-0.25, -0.2) is 0 Å². The molecule has 64 valence electrons. The smallest absolute Gasteiger partial charge is 0.305 e. The number of esters is 1. The van der Waals surface area contributed by atoms with Gasteiger partial charge in [0.25, 0.3) is 0 Å². The second-order valence-corrected chi connectivity index (χ2v) is 2.64. The summed E-state index contributed by atoms with van der Waals surface area (Å²) in [5.74, 6) is -0.0359. The van der Waals surface area contributed by atoms with Crippen LogP contribution in [0.3, 0.4) is 0 Å². The van der Waals surface area contributed by atoms with Gasteiger partial charge in [0.2, 0.25) is 0 Å². The summed E-state index contributed by atoms with van der Waals surface area (Å²) in [5, 5.41) is 0. The van der Waals surface area contributed by atoms with Crippen LogP contribution in [0.2, 0.25) is 0 Å². The maximum absolute atomic E-state index is 10.2. The first-order chi connectivity index (χ1) is 5.39. The normalized spacial score (nSPS) is 22.4. The van der Waals surface area contributed by atoms with Gasteiger partial charge in [0.15, 0.2) is 0 Å². The summed E-state index contributed by atoms with van der Waals surface area (Å²) < 4.78 is 9.36. The maximum atomic E-state index is 10.2. The molecule has 2 aliphatic rings. The molecule has 11 heavy (non-hydrogen) atoms. The highest BCUT2D eigenvalue weighted by atomic mass is 16.5. The van der Waals surface area contributed by atoms with E-state index in [9.17, 15) is 4.79 Å². The van der Waals surface area contributed by atoms with Crippen molar-refractivity contribution in [3.63, 3.8) is 0 Å². The van der Waals surface area contributed by atoms with E-state index < -0.39 is 0 Å². The molecule has 0 saturated carbocycles. The van der Waals surface area contributed by atoms with E-state index in [1.165, 1.54) is 6.42 Å². The van der Waals surface area contributed by atoms with Crippen molar-refractivity contribution in [3.05, 3.63) is 0 Å². The van der Waals surface area contributed by atoms with Gasteiger partial charge in [-0.15, -0.1) is 0 Å². The number of carbonyl (C=O) groups excluding carboxylic acids is 1. The second kappa shape index (κ2) is 5.13. The van der Waals surface area contributed by atoms with Crippen LogP contribution >= 0.6 is 0 Å². The van der Waals surface area contributed by atoms with Crippen LogP contribution in [0.15, 0.2) is 0 Å². The zero-order chi connectivity index (χ0) is 7.94. The Morgan fingerprint density at radius 1 is 1.00 bits per heavy atom. The number of rotatable bonds is 0. The molecule has 0 aromatic rings. The van der Waals surface area contributed by atoms with Gasteiger partial charge in [-0.1, -0.05) is 0 Å². The third-order valence-corrected chi connectivity index (χ3v) is 1.62. The molecule has 2 heterocycles. The first kappa shape index (κ1) is 8.53. The van der Waals surface area contributed by atoms with Crippen molar-refractivity contribution >= 4 is 5.97 Å². The summed E-state index contributed by atoms with van der Waals surface area (Å²) >= 11 is 0. The van der Waals surface area contributed by atoms with Crippen molar-refractivity contribution in [1.29, 1.82) is 0 Å². The van der Waals surface area contributed by atoms with E-state index in [0.29, 0.717) is 13.0 Å². The van der Waals surface area contributed by atoms with Crippen LogP contribution in [0.25, 0.3) is 0 Å². The standard InChI is InChI=1S/C5H8O2.C3H6O/c6-5-3-1-2-4-7-5;1-2-4-3-1/h1-4H2;1-3H2. The van der Waals surface area contributed by atoms with Gasteiger partial charge in [0.1, 0.15) is 0 Å². The van der Waals surface area contributed by atoms with E-state index in [-0.39, 0.29) is 5.97 Å². The molecule has 3 heteroatoms. The summed E-state index contributed by atoms with van der Waals surface area (Å²) in [6, 6.07) is 0. The van der Waals surface area contributed by atoms with E-state index in [2.05, 4.69) is 4.74 Å². The van der Waals surface area contributed by atoms with Crippen molar-refractivity contribution < 1.29 is 14.3 Å². The second-order valence-electron chi connectivity index (χ2n) is 2.64. The zero-order valence-corrected chi connectivity index (χ0v) is 6.67. The van der Waals surface area contributed by atoms with Crippen molar-refractivity contribution in [2.24, 2.45) is 0 Å². The van der Waals surface area contributed by atoms with Gasteiger partial charge < -0.3 is 9.47 Å².